The number of ether oxygens (including phenoxy) is 3. The molecule has 10 heteroatoms. The van der Waals surface area contributed by atoms with E-state index in [1.807, 2.05) is 18.2 Å². The predicted octanol–water partition coefficient (Wildman–Crippen LogP) is 6.90. The van der Waals surface area contributed by atoms with Gasteiger partial charge in [-0.05, 0) is 99.7 Å². The first-order chi connectivity index (χ1) is 18.4. The fraction of sp³-hybridized carbons (Fsp3) is 0.345. The second kappa shape index (κ2) is 12.2. The van der Waals surface area contributed by atoms with Crippen molar-refractivity contribution in [3.8, 4) is 17.2 Å². The zero-order chi connectivity index (χ0) is 28.2. The highest BCUT2D eigenvalue weighted by Crippen LogP contribution is 2.36. The second-order valence-electron chi connectivity index (χ2n) is 10.3. The van der Waals surface area contributed by atoms with Gasteiger partial charge in [-0.3, -0.25) is 5.32 Å². The highest BCUT2D eigenvalue weighted by Gasteiger charge is 2.26. The number of rotatable bonds is 9. The molecule has 4 rings (SSSR count). The Morgan fingerprint density at radius 3 is 2.46 bits per heavy atom. The molecular formula is C29H31Cl2NO6S. The Bertz CT molecular complexity index is 1440. The van der Waals surface area contributed by atoms with Gasteiger partial charge in [0.05, 0.1) is 9.92 Å². The number of nitrogens with one attached hydrogen (secondary N) is 1. The molecule has 1 N–H and O–H groups in total. The number of halogens is 2. The molecule has 0 unspecified atom stereocenters. The molecule has 3 aromatic rings. The number of hydrogen-bond donors (Lipinski definition) is 1. The topological polar surface area (TPSA) is 90.9 Å². The molecule has 0 amide bonds. The van der Waals surface area contributed by atoms with Crippen molar-refractivity contribution in [2.45, 2.75) is 56.6 Å². The van der Waals surface area contributed by atoms with Crippen LogP contribution in [-0.2, 0) is 25.8 Å². The molecule has 0 saturated heterocycles. The summed E-state index contributed by atoms with van der Waals surface area (Å²) in [7, 11) is -3.69. The number of fused-ring (bicyclic) bond motifs is 1. The maximum atomic E-state index is 13.2. The van der Waals surface area contributed by atoms with Gasteiger partial charge >= 0.3 is 5.97 Å². The molecule has 39 heavy (non-hydrogen) atoms. The summed E-state index contributed by atoms with van der Waals surface area (Å²) in [6.07, 6.45) is 2.39. The fourth-order valence-corrected chi connectivity index (χ4v) is 5.92. The minimum Gasteiger partial charge on any atom is -0.482 e. The predicted molar refractivity (Wildman–Crippen MR) is 152 cm³/mol. The number of carbonyl (C=O) groups is 1. The molecule has 0 fully saturated rings. The van der Waals surface area contributed by atoms with Crippen LogP contribution in [0.5, 0.6) is 17.2 Å². The van der Waals surface area contributed by atoms with E-state index in [1.165, 1.54) is 18.2 Å². The third kappa shape index (κ3) is 7.88. The highest BCUT2D eigenvalue weighted by molar-refractivity contribution is 7.91. The lowest BCUT2D eigenvalue weighted by atomic mass is 9.87. The van der Waals surface area contributed by atoms with Crippen LogP contribution in [0.4, 0.5) is 0 Å². The molecule has 1 aliphatic carbocycles. The average Bonchev–Trinajstić information content (AvgIpc) is 2.87. The zero-order valence-corrected chi connectivity index (χ0v) is 24.3. The summed E-state index contributed by atoms with van der Waals surface area (Å²) in [5, 5.41) is 3.95. The van der Waals surface area contributed by atoms with E-state index in [0.29, 0.717) is 22.3 Å². The van der Waals surface area contributed by atoms with E-state index in [4.69, 9.17) is 37.4 Å². The van der Waals surface area contributed by atoms with Crippen LogP contribution in [0.2, 0.25) is 10.0 Å². The number of sulfone groups is 1. The van der Waals surface area contributed by atoms with Gasteiger partial charge in [-0.1, -0.05) is 35.3 Å². The van der Waals surface area contributed by atoms with Crippen molar-refractivity contribution < 1.29 is 27.4 Å². The smallest absolute Gasteiger partial charge is 0.344 e. The van der Waals surface area contributed by atoms with Gasteiger partial charge in [0.25, 0.3) is 0 Å². The lowest BCUT2D eigenvalue weighted by molar-refractivity contribution is -0.157. The molecular weight excluding hydrogens is 561 g/mol. The van der Waals surface area contributed by atoms with Crippen LogP contribution in [0, 0.1) is 0 Å². The molecule has 3 aromatic carbocycles. The fourth-order valence-electron chi connectivity index (χ4n) is 4.35. The normalized spacial score (nSPS) is 15.4. The van der Waals surface area contributed by atoms with E-state index >= 15 is 0 Å². The first kappa shape index (κ1) is 29.2. The van der Waals surface area contributed by atoms with Crippen LogP contribution in [0.1, 0.15) is 50.8 Å². The molecule has 7 nitrogen and oxygen atoms in total. The Hall–Kier alpha value is -2.78. The van der Waals surface area contributed by atoms with Crippen molar-refractivity contribution in [3.63, 3.8) is 0 Å². The Labute approximate surface area is 239 Å². The van der Waals surface area contributed by atoms with E-state index in [-0.39, 0.29) is 28.4 Å². The Morgan fingerprint density at radius 1 is 1.03 bits per heavy atom. The molecule has 208 valence electrons. The average molecular weight is 593 g/mol. The van der Waals surface area contributed by atoms with Crippen LogP contribution in [0.15, 0.2) is 65.6 Å². The van der Waals surface area contributed by atoms with Crippen molar-refractivity contribution >= 4 is 39.0 Å². The summed E-state index contributed by atoms with van der Waals surface area (Å²) in [4.78, 5) is 12.2. The third-order valence-electron chi connectivity index (χ3n) is 6.05. The van der Waals surface area contributed by atoms with E-state index in [9.17, 15) is 13.2 Å². The number of carbonyl (C=O) groups excluding carboxylic acids is 1. The quantitative estimate of drug-likeness (QED) is 0.270. The number of benzene rings is 3. The van der Waals surface area contributed by atoms with Crippen molar-refractivity contribution in [2.24, 2.45) is 0 Å². The largest absolute Gasteiger partial charge is 0.482 e. The molecule has 0 heterocycles. The van der Waals surface area contributed by atoms with Crippen LogP contribution in [0.3, 0.4) is 0 Å². The monoisotopic (exact) mass is 591 g/mol. The lowest BCUT2D eigenvalue weighted by Gasteiger charge is -2.28. The third-order valence-corrected chi connectivity index (χ3v) is 8.12. The second-order valence-corrected chi connectivity index (χ2v) is 13.1. The van der Waals surface area contributed by atoms with Gasteiger partial charge in [0.15, 0.2) is 16.4 Å². The summed E-state index contributed by atoms with van der Waals surface area (Å²) in [5.74, 6) is 0.763. The van der Waals surface area contributed by atoms with Crippen molar-refractivity contribution in [2.75, 3.05) is 12.5 Å². The van der Waals surface area contributed by atoms with Gasteiger partial charge < -0.3 is 14.2 Å². The van der Waals surface area contributed by atoms with Crippen LogP contribution in [-0.4, -0.2) is 32.5 Å². The first-order valence-electron chi connectivity index (χ1n) is 12.6. The van der Waals surface area contributed by atoms with Gasteiger partial charge in [0.1, 0.15) is 28.7 Å². The minimum absolute atomic E-state index is 0.0916. The maximum absolute atomic E-state index is 13.2. The first-order valence-corrected chi connectivity index (χ1v) is 15.0. The van der Waals surface area contributed by atoms with E-state index in [0.717, 1.165) is 30.4 Å². The minimum atomic E-state index is -3.69. The van der Waals surface area contributed by atoms with Crippen molar-refractivity contribution in [1.82, 2.24) is 5.32 Å². The van der Waals surface area contributed by atoms with Crippen LogP contribution >= 0.6 is 23.2 Å². The summed E-state index contributed by atoms with van der Waals surface area (Å²) < 4.78 is 43.2. The molecule has 0 aromatic heterocycles. The molecule has 0 radical (unpaired) electrons. The standard InChI is InChI=1S/C29H31Cl2NO6S/c1-29(2,3)38-28(33)17-36-26-9-5-6-22-23(26)7-4-8-25(22)32-18-39(34,35)21-14-15-27(24(31)16-21)37-20-12-10-19(30)11-13-20/h5-6,9-16,25,32H,4,7-8,17-18H2,1-3H3/t25-/m1/s1. The van der Waals surface area contributed by atoms with E-state index in [2.05, 4.69) is 5.32 Å². The SMILES string of the molecule is CC(C)(C)OC(=O)COc1cccc2c1CCC[C@H]2NCS(=O)(=O)c1ccc(Oc2ccc(Cl)cc2)c(Cl)c1. The van der Waals surface area contributed by atoms with Crippen molar-refractivity contribution in [1.29, 1.82) is 0 Å². The lowest BCUT2D eigenvalue weighted by Crippen LogP contribution is -2.30. The van der Waals surface area contributed by atoms with E-state index < -0.39 is 21.4 Å². The number of esters is 1. The molecule has 1 atom stereocenters. The summed E-state index contributed by atoms with van der Waals surface area (Å²) in [6.45, 7) is 5.21. The van der Waals surface area contributed by atoms with Gasteiger partial charge in [-0.25, -0.2) is 13.2 Å². The molecule has 0 bridgehead atoms. The molecule has 0 saturated carbocycles. The summed E-state index contributed by atoms with van der Waals surface area (Å²) in [5.41, 5.74) is 1.34. The van der Waals surface area contributed by atoms with E-state index in [1.54, 1.807) is 45.0 Å². The molecule has 0 aliphatic heterocycles. The Morgan fingerprint density at radius 2 is 1.77 bits per heavy atom. The van der Waals surface area contributed by atoms with Gasteiger partial charge in [-0.15, -0.1) is 0 Å². The zero-order valence-electron chi connectivity index (χ0n) is 22.0. The van der Waals surface area contributed by atoms with Gasteiger partial charge in [0, 0.05) is 11.1 Å². The van der Waals surface area contributed by atoms with Gasteiger partial charge in [0.2, 0.25) is 0 Å². The van der Waals surface area contributed by atoms with Gasteiger partial charge in [-0.2, -0.15) is 0 Å². The maximum Gasteiger partial charge on any atom is 0.344 e. The van der Waals surface area contributed by atoms with Crippen molar-refractivity contribution in [3.05, 3.63) is 81.8 Å². The molecule has 1 aliphatic rings. The highest BCUT2D eigenvalue weighted by atomic mass is 35.5. The Kier molecular flexibility index (Phi) is 9.11. The van der Waals surface area contributed by atoms with Crippen LogP contribution < -0.4 is 14.8 Å². The molecule has 0 spiro atoms. The number of hydrogen-bond acceptors (Lipinski definition) is 7. The Balaban J connectivity index is 1.42. The van der Waals surface area contributed by atoms with Crippen LogP contribution in [0.25, 0.3) is 0 Å². The summed E-state index contributed by atoms with van der Waals surface area (Å²) >= 11 is 12.3. The summed E-state index contributed by atoms with van der Waals surface area (Å²) in [6, 6.07) is 16.6.